The van der Waals surface area contributed by atoms with Gasteiger partial charge in [0.05, 0.1) is 6.54 Å². The van der Waals surface area contributed by atoms with E-state index in [1.165, 1.54) is 11.1 Å². The van der Waals surface area contributed by atoms with Gasteiger partial charge in [0, 0.05) is 36.6 Å². The van der Waals surface area contributed by atoms with Crippen LogP contribution in [0.5, 0.6) is 6.01 Å². The van der Waals surface area contributed by atoms with Crippen molar-refractivity contribution in [2.24, 2.45) is 0 Å². The highest BCUT2D eigenvalue weighted by molar-refractivity contribution is 5.94. The van der Waals surface area contributed by atoms with Crippen LogP contribution in [0.2, 0.25) is 0 Å². The first-order valence-electron chi connectivity index (χ1n) is 9.78. The number of amides is 1. The van der Waals surface area contributed by atoms with Gasteiger partial charge in [-0.2, -0.15) is 0 Å². The Morgan fingerprint density at radius 2 is 1.86 bits per heavy atom. The molecule has 0 unspecified atom stereocenters. The van der Waals surface area contributed by atoms with Crippen LogP contribution in [-0.2, 0) is 13.0 Å². The molecule has 3 aromatic rings. The molecule has 4 rings (SSSR count). The number of nitrogens with one attached hydrogen (secondary N) is 1. The van der Waals surface area contributed by atoms with E-state index in [1.807, 2.05) is 42.5 Å². The molecule has 0 fully saturated rings. The van der Waals surface area contributed by atoms with E-state index in [1.54, 1.807) is 12.4 Å². The predicted molar refractivity (Wildman–Crippen MR) is 112 cm³/mol. The molecule has 0 radical (unpaired) electrons. The molecular formula is C23H24N4O2. The summed E-state index contributed by atoms with van der Waals surface area (Å²) >= 11 is 0. The maximum atomic E-state index is 12.4. The largest absolute Gasteiger partial charge is 0.462 e. The number of carbonyl (C=O) groups excluding carboxylic acids is 1. The van der Waals surface area contributed by atoms with Gasteiger partial charge in [-0.15, -0.1) is 0 Å². The molecule has 0 bridgehead atoms. The van der Waals surface area contributed by atoms with Crippen LogP contribution in [0.4, 0.5) is 0 Å². The molecule has 0 spiro atoms. The van der Waals surface area contributed by atoms with E-state index in [-0.39, 0.29) is 5.91 Å². The topological polar surface area (TPSA) is 67.4 Å². The summed E-state index contributed by atoms with van der Waals surface area (Å²) in [5.74, 6) is -0.0873. The average molecular weight is 388 g/mol. The highest BCUT2D eigenvalue weighted by Gasteiger charge is 2.15. The monoisotopic (exact) mass is 388 g/mol. The van der Waals surface area contributed by atoms with Crippen LogP contribution in [0.1, 0.15) is 21.5 Å². The lowest BCUT2D eigenvalue weighted by Gasteiger charge is -2.25. The summed E-state index contributed by atoms with van der Waals surface area (Å²) in [4.78, 5) is 23.2. The number of fused-ring (bicyclic) bond motifs is 1. The Balaban J connectivity index is 1.26. The van der Waals surface area contributed by atoms with E-state index >= 15 is 0 Å². The standard InChI is InChI=1S/C23H24N4O2/c1-27-11-9-18-13-19(7-8-20(18)16-27)22(28)24-10-12-29-23-25-14-21(15-26-23)17-5-3-2-4-6-17/h2-8,13-15H,9-12,16H2,1H3,(H,24,28). The number of benzene rings is 2. The Hall–Kier alpha value is -3.25. The normalized spacial score (nSPS) is 13.6. The van der Waals surface area contributed by atoms with E-state index in [0.717, 1.165) is 30.6 Å². The van der Waals surface area contributed by atoms with Crippen LogP contribution in [-0.4, -0.2) is 47.5 Å². The molecule has 1 aliphatic rings. The van der Waals surface area contributed by atoms with Crippen molar-refractivity contribution < 1.29 is 9.53 Å². The Morgan fingerprint density at radius 3 is 2.66 bits per heavy atom. The van der Waals surface area contributed by atoms with Gasteiger partial charge in [0.25, 0.3) is 5.91 Å². The second-order valence-corrected chi connectivity index (χ2v) is 7.20. The fraction of sp³-hybridized carbons (Fsp3) is 0.261. The lowest BCUT2D eigenvalue weighted by Crippen LogP contribution is -2.29. The van der Waals surface area contributed by atoms with Crippen LogP contribution in [0.15, 0.2) is 60.9 Å². The number of nitrogens with zero attached hydrogens (tertiary/aromatic N) is 3. The zero-order valence-corrected chi connectivity index (χ0v) is 16.5. The third-order valence-electron chi connectivity index (χ3n) is 5.03. The highest BCUT2D eigenvalue weighted by atomic mass is 16.5. The highest BCUT2D eigenvalue weighted by Crippen LogP contribution is 2.20. The molecule has 0 saturated heterocycles. The fourth-order valence-electron chi connectivity index (χ4n) is 3.41. The van der Waals surface area contributed by atoms with Crippen LogP contribution < -0.4 is 10.1 Å². The van der Waals surface area contributed by atoms with E-state index < -0.39 is 0 Å². The minimum absolute atomic E-state index is 0.0873. The number of rotatable bonds is 6. The minimum Gasteiger partial charge on any atom is -0.462 e. The number of ether oxygens (including phenoxy) is 1. The molecule has 0 aliphatic carbocycles. The Kier molecular flexibility index (Phi) is 5.81. The molecule has 1 aromatic heterocycles. The molecule has 6 heteroatoms. The van der Waals surface area contributed by atoms with Crippen LogP contribution >= 0.6 is 0 Å². The van der Waals surface area contributed by atoms with Crippen molar-refractivity contribution in [1.82, 2.24) is 20.2 Å². The average Bonchev–Trinajstić information content (AvgIpc) is 2.77. The summed E-state index contributed by atoms with van der Waals surface area (Å²) in [7, 11) is 2.11. The van der Waals surface area contributed by atoms with Gasteiger partial charge in [0.2, 0.25) is 0 Å². The molecule has 0 atom stereocenters. The van der Waals surface area contributed by atoms with Gasteiger partial charge in [-0.1, -0.05) is 36.4 Å². The molecule has 148 valence electrons. The van der Waals surface area contributed by atoms with Crippen molar-refractivity contribution in [3.8, 4) is 17.1 Å². The second kappa shape index (κ2) is 8.84. The van der Waals surface area contributed by atoms with Crippen molar-refractivity contribution in [2.45, 2.75) is 13.0 Å². The van der Waals surface area contributed by atoms with Crippen molar-refractivity contribution >= 4 is 5.91 Å². The lowest BCUT2D eigenvalue weighted by molar-refractivity contribution is 0.0946. The van der Waals surface area contributed by atoms with Crippen LogP contribution in [0.25, 0.3) is 11.1 Å². The molecule has 2 aromatic carbocycles. The Bertz CT molecular complexity index is 974. The first-order chi connectivity index (χ1) is 14.2. The summed E-state index contributed by atoms with van der Waals surface area (Å²) < 4.78 is 5.54. The molecular weight excluding hydrogens is 364 g/mol. The second-order valence-electron chi connectivity index (χ2n) is 7.20. The Morgan fingerprint density at radius 1 is 1.07 bits per heavy atom. The van der Waals surface area contributed by atoms with Gasteiger partial charge in [-0.3, -0.25) is 4.79 Å². The summed E-state index contributed by atoms with van der Waals surface area (Å²) in [5.41, 5.74) is 5.25. The maximum Gasteiger partial charge on any atom is 0.316 e. The van der Waals surface area contributed by atoms with Crippen LogP contribution in [0.3, 0.4) is 0 Å². The number of likely N-dealkylation sites (N-methyl/N-ethyl adjacent to an activating group) is 1. The minimum atomic E-state index is -0.0873. The quantitative estimate of drug-likeness (QED) is 0.658. The number of carbonyl (C=O) groups is 1. The number of aromatic nitrogens is 2. The maximum absolute atomic E-state index is 12.4. The number of hydrogen-bond acceptors (Lipinski definition) is 5. The summed E-state index contributed by atoms with van der Waals surface area (Å²) in [6, 6.07) is 16.2. The molecule has 2 heterocycles. The lowest BCUT2D eigenvalue weighted by atomic mass is 9.97. The molecule has 1 N–H and O–H groups in total. The van der Waals surface area contributed by atoms with Gasteiger partial charge in [-0.05, 0) is 42.3 Å². The third kappa shape index (κ3) is 4.78. The zero-order chi connectivity index (χ0) is 20.1. The van der Waals surface area contributed by atoms with E-state index in [2.05, 4.69) is 33.3 Å². The van der Waals surface area contributed by atoms with Crippen molar-refractivity contribution in [3.63, 3.8) is 0 Å². The molecule has 1 amide bonds. The van der Waals surface area contributed by atoms with Crippen LogP contribution in [0, 0.1) is 0 Å². The van der Waals surface area contributed by atoms with Gasteiger partial charge < -0.3 is 15.0 Å². The van der Waals surface area contributed by atoms with Crippen molar-refractivity contribution in [2.75, 3.05) is 26.7 Å². The van der Waals surface area contributed by atoms with E-state index in [0.29, 0.717) is 24.7 Å². The third-order valence-corrected chi connectivity index (χ3v) is 5.03. The van der Waals surface area contributed by atoms with E-state index in [4.69, 9.17) is 4.74 Å². The summed E-state index contributed by atoms with van der Waals surface area (Å²) in [5, 5.41) is 2.89. The molecule has 6 nitrogen and oxygen atoms in total. The van der Waals surface area contributed by atoms with Gasteiger partial charge in [0.15, 0.2) is 0 Å². The fourth-order valence-corrected chi connectivity index (χ4v) is 3.41. The first-order valence-corrected chi connectivity index (χ1v) is 9.78. The number of hydrogen-bond donors (Lipinski definition) is 1. The SMILES string of the molecule is CN1CCc2cc(C(=O)NCCOc3ncc(-c4ccccc4)cn3)ccc2C1. The van der Waals surface area contributed by atoms with Gasteiger partial charge in [0.1, 0.15) is 6.61 Å². The predicted octanol–water partition coefficient (Wildman–Crippen LogP) is 2.94. The van der Waals surface area contributed by atoms with E-state index in [9.17, 15) is 4.79 Å². The summed E-state index contributed by atoms with van der Waals surface area (Å²) in [6.45, 7) is 2.66. The van der Waals surface area contributed by atoms with Crippen molar-refractivity contribution in [1.29, 1.82) is 0 Å². The Labute approximate surface area is 170 Å². The van der Waals surface area contributed by atoms with Gasteiger partial charge >= 0.3 is 6.01 Å². The van der Waals surface area contributed by atoms with Gasteiger partial charge in [-0.25, -0.2) is 9.97 Å². The molecule has 1 aliphatic heterocycles. The smallest absolute Gasteiger partial charge is 0.316 e. The summed E-state index contributed by atoms with van der Waals surface area (Å²) in [6.07, 6.45) is 4.45. The molecule has 0 saturated carbocycles. The van der Waals surface area contributed by atoms with Crippen molar-refractivity contribution in [3.05, 3.63) is 77.6 Å². The zero-order valence-electron chi connectivity index (χ0n) is 16.5. The molecule has 29 heavy (non-hydrogen) atoms. The first kappa shape index (κ1) is 19.1.